The third-order valence-corrected chi connectivity index (χ3v) is 7.42. The summed E-state index contributed by atoms with van der Waals surface area (Å²) in [6, 6.07) is 6.71. The number of fused-ring (bicyclic) bond motifs is 3. The van der Waals surface area contributed by atoms with Crippen molar-refractivity contribution >= 4 is 59.7 Å². The molecule has 0 saturated heterocycles. The summed E-state index contributed by atoms with van der Waals surface area (Å²) in [6.07, 6.45) is 0. The van der Waals surface area contributed by atoms with Crippen molar-refractivity contribution in [1.82, 2.24) is 9.97 Å². The molecule has 0 fully saturated rings. The SMILES string of the molecule is N#CC(C#N)=c1nc2c([se]1)c(F)c(F)c1[se]c(=C(C#N)C#N)nc12. The van der Waals surface area contributed by atoms with Gasteiger partial charge in [-0.05, 0) is 0 Å². The van der Waals surface area contributed by atoms with Crippen LogP contribution in [0.3, 0.4) is 0 Å². The summed E-state index contributed by atoms with van der Waals surface area (Å²) in [6.45, 7) is 0. The number of halogens is 2. The van der Waals surface area contributed by atoms with E-state index in [2.05, 4.69) is 9.97 Å². The minimum atomic E-state index is -1.08. The molecule has 3 rings (SSSR count). The molecule has 10 heteroatoms. The number of hydrogen-bond acceptors (Lipinski definition) is 6. The Labute approximate surface area is 143 Å². The van der Waals surface area contributed by atoms with Gasteiger partial charge in [-0.2, -0.15) is 0 Å². The Morgan fingerprint density at radius 2 is 1.04 bits per heavy atom. The molecule has 0 bridgehead atoms. The Hall–Kier alpha value is -2.84. The van der Waals surface area contributed by atoms with Crippen molar-refractivity contribution in [2.75, 3.05) is 0 Å². The van der Waals surface area contributed by atoms with Gasteiger partial charge in [0.1, 0.15) is 0 Å². The van der Waals surface area contributed by atoms with Gasteiger partial charge < -0.3 is 0 Å². The van der Waals surface area contributed by atoms with Gasteiger partial charge in [-0.1, -0.05) is 0 Å². The summed E-state index contributed by atoms with van der Waals surface area (Å²) < 4.78 is 28.8. The van der Waals surface area contributed by atoms with Crippen LogP contribution in [-0.2, 0) is 0 Å². The van der Waals surface area contributed by atoms with Crippen LogP contribution in [0.15, 0.2) is 0 Å². The van der Waals surface area contributed by atoms with Crippen molar-refractivity contribution in [3.05, 3.63) is 20.1 Å². The molecule has 2 heterocycles. The van der Waals surface area contributed by atoms with E-state index in [1.807, 2.05) is 0 Å². The first-order valence-electron chi connectivity index (χ1n) is 5.98. The fraction of sp³-hybridized carbons (Fsp3) is 0. The van der Waals surface area contributed by atoms with Crippen LogP contribution in [0.1, 0.15) is 0 Å². The number of hydrogen-bond donors (Lipinski definition) is 0. The van der Waals surface area contributed by atoms with Crippen molar-refractivity contribution in [2.24, 2.45) is 0 Å². The molecule has 2 aromatic heterocycles. The normalized spacial score (nSPS) is 9.92. The zero-order chi connectivity index (χ0) is 17.4. The molecule has 24 heavy (non-hydrogen) atoms. The van der Waals surface area contributed by atoms with E-state index in [4.69, 9.17) is 21.0 Å². The molecule has 0 atom stereocenters. The van der Waals surface area contributed by atoms with E-state index in [0.29, 0.717) is 0 Å². The van der Waals surface area contributed by atoms with E-state index in [-0.39, 0.29) is 39.1 Å². The Morgan fingerprint density at radius 3 is 1.33 bits per heavy atom. The van der Waals surface area contributed by atoms with Crippen LogP contribution in [-0.4, -0.2) is 39.0 Å². The fourth-order valence-electron chi connectivity index (χ4n) is 1.91. The van der Waals surface area contributed by atoms with E-state index in [0.717, 1.165) is 0 Å². The summed E-state index contributed by atoms with van der Waals surface area (Å²) >= 11 is -1.67. The molecule has 1 aromatic carbocycles. The zero-order valence-electron chi connectivity index (χ0n) is 11.3. The van der Waals surface area contributed by atoms with Gasteiger partial charge in [0.05, 0.1) is 0 Å². The summed E-state index contributed by atoms with van der Waals surface area (Å²) in [7, 11) is 0. The second-order valence-corrected chi connectivity index (χ2v) is 8.41. The Morgan fingerprint density at radius 1 is 0.708 bits per heavy atom. The van der Waals surface area contributed by atoms with Gasteiger partial charge in [0.25, 0.3) is 0 Å². The van der Waals surface area contributed by atoms with Crippen LogP contribution < -0.4 is 8.45 Å². The first-order valence-corrected chi connectivity index (χ1v) is 9.41. The fourth-order valence-corrected chi connectivity index (χ4v) is 5.87. The Bertz CT molecular complexity index is 1190. The maximum absolute atomic E-state index is 14.3. The van der Waals surface area contributed by atoms with E-state index < -0.39 is 40.6 Å². The number of nitrogens with zero attached hydrogens (tertiary/aromatic N) is 6. The zero-order valence-corrected chi connectivity index (χ0v) is 14.7. The molecule has 6 nitrogen and oxygen atoms in total. The minimum absolute atomic E-state index is 0.0204. The maximum atomic E-state index is 14.3. The van der Waals surface area contributed by atoms with Crippen LogP contribution in [0.5, 0.6) is 0 Å². The molecule has 0 aliphatic carbocycles. The standard InChI is InChI=1S/C14F2N6Se2/c15-7-8(16)12-10(22-14(24-12)6(3-19)4-20)9-11(7)23-13(21-9)5(1-17)2-18. The predicted octanol–water partition coefficient (Wildman–Crippen LogP) is -0.429. The summed E-state index contributed by atoms with van der Waals surface area (Å²) in [4.78, 5) is 8.19. The number of benzene rings is 1. The monoisotopic (exact) mass is 450 g/mol. The molecule has 0 aliphatic heterocycles. The Kier molecular flexibility index (Phi) is 4.00. The predicted molar refractivity (Wildman–Crippen MR) is 79.4 cm³/mol. The van der Waals surface area contributed by atoms with Gasteiger partial charge in [-0.15, -0.1) is 0 Å². The molecule has 0 radical (unpaired) electrons. The average molecular weight is 448 g/mol. The first-order chi connectivity index (χ1) is 11.5. The molecule has 0 unspecified atom stereocenters. The van der Waals surface area contributed by atoms with Crippen LogP contribution in [0, 0.1) is 57.0 Å². The number of rotatable bonds is 0. The summed E-state index contributed by atoms with van der Waals surface area (Å²) in [5.41, 5.74) is -0.356. The van der Waals surface area contributed by atoms with Crippen molar-refractivity contribution in [2.45, 2.75) is 0 Å². The number of aromatic nitrogens is 2. The summed E-state index contributed by atoms with van der Waals surface area (Å²) in [5, 5.41) is 35.7. The molecule has 0 N–H and O–H groups in total. The molecule has 0 spiro atoms. The average Bonchev–Trinajstić information content (AvgIpc) is 3.20. The van der Waals surface area contributed by atoms with E-state index in [1.165, 1.54) is 0 Å². The van der Waals surface area contributed by atoms with Gasteiger partial charge in [-0.25, -0.2) is 0 Å². The third-order valence-electron chi connectivity index (χ3n) is 2.94. The molecule has 0 saturated carbocycles. The Balaban J connectivity index is 2.63. The molecular formula is C14F2N6Se2. The van der Waals surface area contributed by atoms with Crippen molar-refractivity contribution in [3.8, 4) is 24.3 Å². The van der Waals surface area contributed by atoms with E-state index >= 15 is 0 Å². The van der Waals surface area contributed by atoms with Gasteiger partial charge >= 0.3 is 144 Å². The topological polar surface area (TPSA) is 121 Å². The molecule has 0 amide bonds. The van der Waals surface area contributed by atoms with Gasteiger partial charge in [0.2, 0.25) is 0 Å². The second kappa shape index (κ2) is 5.99. The van der Waals surface area contributed by atoms with Crippen LogP contribution in [0.25, 0.3) is 30.7 Å². The molecule has 0 aliphatic rings. The van der Waals surface area contributed by atoms with Crippen LogP contribution in [0.4, 0.5) is 8.78 Å². The number of nitriles is 4. The third kappa shape index (κ3) is 2.24. The molecule has 3 aromatic rings. The van der Waals surface area contributed by atoms with Gasteiger partial charge in [-0.3, -0.25) is 0 Å². The van der Waals surface area contributed by atoms with Gasteiger partial charge in [0.15, 0.2) is 0 Å². The first kappa shape index (κ1) is 16.0. The quantitative estimate of drug-likeness (QED) is 0.431. The van der Waals surface area contributed by atoms with Gasteiger partial charge in [0, 0.05) is 0 Å². The van der Waals surface area contributed by atoms with E-state index in [9.17, 15) is 8.78 Å². The molecule has 112 valence electrons. The van der Waals surface area contributed by atoms with Crippen molar-refractivity contribution < 1.29 is 8.78 Å². The van der Waals surface area contributed by atoms with Crippen molar-refractivity contribution in [1.29, 1.82) is 21.0 Å². The van der Waals surface area contributed by atoms with Crippen molar-refractivity contribution in [3.63, 3.8) is 0 Å². The summed E-state index contributed by atoms with van der Waals surface area (Å²) in [5.74, 6) is -2.15. The van der Waals surface area contributed by atoms with E-state index in [1.54, 1.807) is 24.3 Å². The van der Waals surface area contributed by atoms with Crippen LogP contribution in [0.2, 0.25) is 0 Å². The molecular weight excluding hydrogens is 448 g/mol. The van der Waals surface area contributed by atoms with Crippen LogP contribution >= 0.6 is 0 Å². The second-order valence-electron chi connectivity index (χ2n) is 4.22.